The number of aliphatic hydroxyl groups is 1. The summed E-state index contributed by atoms with van der Waals surface area (Å²) < 4.78 is 0. The zero-order valence-electron chi connectivity index (χ0n) is 11.6. The molecule has 0 aromatic heterocycles. The molecule has 0 saturated carbocycles. The van der Waals surface area contributed by atoms with Crippen LogP contribution in [-0.4, -0.2) is 71.7 Å². The molecule has 19 heavy (non-hydrogen) atoms. The molecule has 2 N–H and O–H groups in total. The Bertz CT molecular complexity index is 348. The number of fused-ring (bicyclic) bond motifs is 1. The first-order chi connectivity index (χ1) is 9.17. The van der Waals surface area contributed by atoms with E-state index in [4.69, 9.17) is 0 Å². The Hall–Kier alpha value is -0.650. The number of nitrogens with one attached hydrogen (secondary N) is 1. The molecule has 2 atom stereocenters. The number of piperidine rings is 2. The van der Waals surface area contributed by atoms with Gasteiger partial charge in [-0.2, -0.15) is 0 Å². The van der Waals surface area contributed by atoms with Crippen LogP contribution in [0.25, 0.3) is 0 Å². The maximum absolute atomic E-state index is 11.5. The molecule has 0 aromatic rings. The number of piperazine rings is 1. The van der Waals surface area contributed by atoms with E-state index in [0.717, 1.165) is 38.9 Å². The predicted molar refractivity (Wildman–Crippen MR) is 72.8 cm³/mol. The Labute approximate surface area is 114 Å². The lowest BCUT2D eigenvalue weighted by Crippen LogP contribution is -2.64. The van der Waals surface area contributed by atoms with Crippen molar-refractivity contribution in [1.82, 2.24) is 15.1 Å². The lowest BCUT2D eigenvalue weighted by Gasteiger charge is -2.51. The highest BCUT2D eigenvalue weighted by molar-refractivity contribution is 5.78. The number of carbonyl (C=O) groups excluding carboxylic acids is 1. The van der Waals surface area contributed by atoms with Crippen LogP contribution in [0.3, 0.4) is 0 Å². The Kier molecular flexibility index (Phi) is 3.78. The predicted octanol–water partition coefficient (Wildman–Crippen LogP) is -0.202. The second-order valence-electron chi connectivity index (χ2n) is 6.32. The van der Waals surface area contributed by atoms with E-state index in [1.54, 1.807) is 0 Å². The number of rotatable bonds is 2. The number of amides is 1. The van der Waals surface area contributed by atoms with Gasteiger partial charge in [-0.05, 0) is 38.8 Å². The van der Waals surface area contributed by atoms with Crippen LogP contribution in [0.15, 0.2) is 0 Å². The van der Waals surface area contributed by atoms with Gasteiger partial charge in [0.05, 0.1) is 12.1 Å². The lowest BCUT2D eigenvalue weighted by molar-refractivity contribution is -0.130. The fourth-order valence-electron chi connectivity index (χ4n) is 4.02. The Morgan fingerprint density at radius 3 is 2.95 bits per heavy atom. The summed E-state index contributed by atoms with van der Waals surface area (Å²) in [7, 11) is 0. The molecule has 0 aromatic carbocycles. The quantitative estimate of drug-likeness (QED) is 0.727. The van der Waals surface area contributed by atoms with Gasteiger partial charge in [-0.15, -0.1) is 0 Å². The van der Waals surface area contributed by atoms with Gasteiger partial charge in [-0.3, -0.25) is 14.6 Å². The van der Waals surface area contributed by atoms with Crippen molar-refractivity contribution in [3.05, 3.63) is 0 Å². The monoisotopic (exact) mass is 267 g/mol. The first-order valence-electron chi connectivity index (χ1n) is 7.63. The van der Waals surface area contributed by atoms with Crippen LogP contribution in [0.5, 0.6) is 0 Å². The summed E-state index contributed by atoms with van der Waals surface area (Å²) in [5, 5.41) is 13.9. The molecule has 3 heterocycles. The summed E-state index contributed by atoms with van der Waals surface area (Å²) in [5.41, 5.74) is -0.615. The molecular weight excluding hydrogens is 242 g/mol. The van der Waals surface area contributed by atoms with Crippen LogP contribution in [0.2, 0.25) is 0 Å². The van der Waals surface area contributed by atoms with Crippen LogP contribution in [0, 0.1) is 0 Å². The number of hydrogen-bond acceptors (Lipinski definition) is 4. The van der Waals surface area contributed by atoms with Crippen molar-refractivity contribution in [2.45, 2.75) is 43.7 Å². The van der Waals surface area contributed by atoms with Crippen LogP contribution in [0.4, 0.5) is 0 Å². The summed E-state index contributed by atoms with van der Waals surface area (Å²) in [6.07, 6.45) is 5.55. The molecule has 3 aliphatic heterocycles. The minimum absolute atomic E-state index is 0.0890. The molecule has 0 radical (unpaired) electrons. The van der Waals surface area contributed by atoms with Gasteiger partial charge in [0.25, 0.3) is 0 Å². The molecule has 0 unspecified atom stereocenters. The van der Waals surface area contributed by atoms with E-state index in [2.05, 4.69) is 15.1 Å². The van der Waals surface area contributed by atoms with E-state index in [9.17, 15) is 9.90 Å². The minimum atomic E-state index is -0.615. The van der Waals surface area contributed by atoms with E-state index in [1.807, 2.05) is 0 Å². The molecule has 0 bridgehead atoms. The third-order valence-electron chi connectivity index (χ3n) is 4.90. The molecule has 108 valence electrons. The third kappa shape index (κ3) is 2.78. The standard InChI is InChI=1S/C14H25N3O2/c18-13-10-16(9-6-15-13)11-14(19)5-3-8-17-7-2-1-4-12(14)17/h12,19H,1-11H2,(H,15,18)/t12-,14-/m1/s1. The van der Waals surface area contributed by atoms with E-state index < -0.39 is 5.60 Å². The van der Waals surface area contributed by atoms with Crippen LogP contribution < -0.4 is 5.32 Å². The van der Waals surface area contributed by atoms with Gasteiger partial charge >= 0.3 is 0 Å². The first kappa shape index (κ1) is 13.3. The smallest absolute Gasteiger partial charge is 0.234 e. The highest BCUT2D eigenvalue weighted by atomic mass is 16.3. The Morgan fingerprint density at radius 2 is 2.11 bits per heavy atom. The molecule has 3 rings (SSSR count). The Balaban J connectivity index is 1.67. The van der Waals surface area contributed by atoms with Gasteiger partial charge in [0.1, 0.15) is 0 Å². The van der Waals surface area contributed by atoms with Crippen LogP contribution in [0.1, 0.15) is 32.1 Å². The van der Waals surface area contributed by atoms with Gasteiger partial charge in [-0.25, -0.2) is 0 Å². The van der Waals surface area contributed by atoms with E-state index in [1.165, 1.54) is 12.8 Å². The topological polar surface area (TPSA) is 55.8 Å². The van der Waals surface area contributed by atoms with Crippen molar-refractivity contribution in [3.63, 3.8) is 0 Å². The molecule has 1 amide bonds. The zero-order chi connectivity index (χ0) is 13.3. The number of nitrogens with zero attached hydrogens (tertiary/aromatic N) is 2. The normalized spacial score (nSPS) is 37.7. The van der Waals surface area contributed by atoms with E-state index >= 15 is 0 Å². The first-order valence-corrected chi connectivity index (χ1v) is 7.63. The third-order valence-corrected chi connectivity index (χ3v) is 4.90. The van der Waals surface area contributed by atoms with E-state index in [0.29, 0.717) is 25.7 Å². The van der Waals surface area contributed by atoms with Crippen LogP contribution in [-0.2, 0) is 4.79 Å². The number of β-amino-alcohol motifs (C(OH)–C–C–N with tert-alkyl or cyclic N) is 1. The maximum Gasteiger partial charge on any atom is 0.234 e. The van der Waals surface area contributed by atoms with Gasteiger partial charge in [0.15, 0.2) is 0 Å². The van der Waals surface area contributed by atoms with Gasteiger partial charge in [-0.1, -0.05) is 6.42 Å². The molecule has 5 nitrogen and oxygen atoms in total. The average Bonchev–Trinajstić information content (AvgIpc) is 2.39. The van der Waals surface area contributed by atoms with Crippen molar-refractivity contribution in [1.29, 1.82) is 0 Å². The fourth-order valence-corrected chi connectivity index (χ4v) is 4.02. The molecule has 3 aliphatic rings. The molecular formula is C14H25N3O2. The Morgan fingerprint density at radius 1 is 1.26 bits per heavy atom. The fraction of sp³-hybridized carbons (Fsp3) is 0.929. The minimum Gasteiger partial charge on any atom is -0.387 e. The summed E-state index contributed by atoms with van der Waals surface area (Å²) >= 11 is 0. The molecule has 3 fully saturated rings. The second-order valence-corrected chi connectivity index (χ2v) is 6.32. The second kappa shape index (κ2) is 5.38. The van der Waals surface area contributed by atoms with Crippen molar-refractivity contribution in [2.24, 2.45) is 0 Å². The van der Waals surface area contributed by atoms with Gasteiger partial charge in [0, 0.05) is 25.7 Å². The summed E-state index contributed by atoms with van der Waals surface area (Å²) in [4.78, 5) is 16.0. The highest BCUT2D eigenvalue weighted by Crippen LogP contribution is 2.34. The van der Waals surface area contributed by atoms with Gasteiger partial charge < -0.3 is 10.4 Å². The van der Waals surface area contributed by atoms with Crippen molar-refractivity contribution < 1.29 is 9.90 Å². The lowest BCUT2D eigenvalue weighted by atomic mass is 9.79. The molecule has 0 aliphatic carbocycles. The molecule has 0 spiro atoms. The summed E-state index contributed by atoms with van der Waals surface area (Å²) in [6, 6.07) is 0.306. The highest BCUT2D eigenvalue weighted by Gasteiger charge is 2.45. The van der Waals surface area contributed by atoms with Crippen molar-refractivity contribution in [2.75, 3.05) is 39.3 Å². The van der Waals surface area contributed by atoms with Crippen molar-refractivity contribution >= 4 is 5.91 Å². The number of hydrogen-bond donors (Lipinski definition) is 2. The maximum atomic E-state index is 11.5. The van der Waals surface area contributed by atoms with Crippen LogP contribution >= 0.6 is 0 Å². The van der Waals surface area contributed by atoms with E-state index in [-0.39, 0.29) is 5.91 Å². The summed E-state index contributed by atoms with van der Waals surface area (Å²) in [6.45, 7) is 4.93. The van der Waals surface area contributed by atoms with Gasteiger partial charge in [0.2, 0.25) is 5.91 Å². The van der Waals surface area contributed by atoms with Crippen molar-refractivity contribution in [3.8, 4) is 0 Å². The zero-order valence-corrected chi connectivity index (χ0v) is 11.6. The summed E-state index contributed by atoms with van der Waals surface area (Å²) in [5.74, 6) is 0.0890. The molecule has 5 heteroatoms. The SMILES string of the molecule is O=C1CN(C[C@]2(O)CCCN3CCCC[C@@H]32)CCN1. The average molecular weight is 267 g/mol. The molecule has 3 saturated heterocycles. The number of carbonyl (C=O) groups is 1. The largest absolute Gasteiger partial charge is 0.387 e.